The van der Waals surface area contributed by atoms with Gasteiger partial charge in [-0.3, -0.25) is 4.79 Å². The molecule has 0 radical (unpaired) electrons. The second kappa shape index (κ2) is 7.41. The molecule has 1 aromatic carbocycles. The van der Waals surface area contributed by atoms with Crippen molar-refractivity contribution in [3.05, 3.63) is 48.6 Å². The number of allylic oxidation sites excluding steroid dienone is 1. The van der Waals surface area contributed by atoms with E-state index >= 15 is 0 Å². The maximum absolute atomic E-state index is 12.1. The van der Waals surface area contributed by atoms with Crippen molar-refractivity contribution in [3.8, 4) is 0 Å². The standard InChI is InChI=1S/C16H24O3Si/c1-6-10-14(16(17)18-2)15(19-20(3,4)5)13-11-8-7-9-12-13/h6-9,11-12,14-15H,1,10H2,2-5H3/t14-,15-/m0/s1. The highest BCUT2D eigenvalue weighted by molar-refractivity contribution is 6.69. The summed E-state index contributed by atoms with van der Waals surface area (Å²) in [5, 5.41) is 0. The van der Waals surface area contributed by atoms with Crippen LogP contribution in [0.3, 0.4) is 0 Å². The second-order valence-corrected chi connectivity index (χ2v) is 10.2. The third kappa shape index (κ3) is 4.94. The summed E-state index contributed by atoms with van der Waals surface area (Å²) in [6.07, 6.45) is 2.00. The van der Waals surface area contributed by atoms with Crippen LogP contribution < -0.4 is 0 Å². The molecule has 4 heteroatoms. The lowest BCUT2D eigenvalue weighted by Gasteiger charge is -2.31. The van der Waals surface area contributed by atoms with Crippen LogP contribution in [-0.4, -0.2) is 21.4 Å². The molecule has 20 heavy (non-hydrogen) atoms. The molecule has 110 valence electrons. The van der Waals surface area contributed by atoms with E-state index in [0.717, 1.165) is 5.56 Å². The lowest BCUT2D eigenvalue weighted by atomic mass is 9.93. The lowest BCUT2D eigenvalue weighted by molar-refractivity contribution is -0.149. The molecule has 2 atom stereocenters. The summed E-state index contributed by atoms with van der Waals surface area (Å²) < 4.78 is 11.2. The Labute approximate surface area is 122 Å². The maximum Gasteiger partial charge on any atom is 0.311 e. The van der Waals surface area contributed by atoms with Crippen LogP contribution >= 0.6 is 0 Å². The minimum atomic E-state index is -1.80. The zero-order valence-electron chi connectivity index (χ0n) is 12.8. The molecule has 1 rings (SSSR count). The van der Waals surface area contributed by atoms with E-state index in [1.165, 1.54) is 7.11 Å². The topological polar surface area (TPSA) is 35.5 Å². The van der Waals surface area contributed by atoms with Crippen LogP contribution in [0.25, 0.3) is 0 Å². The van der Waals surface area contributed by atoms with Crippen molar-refractivity contribution in [1.29, 1.82) is 0 Å². The number of rotatable bonds is 7. The Morgan fingerprint density at radius 1 is 1.30 bits per heavy atom. The zero-order valence-corrected chi connectivity index (χ0v) is 13.8. The van der Waals surface area contributed by atoms with E-state index in [4.69, 9.17) is 9.16 Å². The van der Waals surface area contributed by atoms with Crippen molar-refractivity contribution in [3.63, 3.8) is 0 Å². The number of carbonyl (C=O) groups is 1. The maximum atomic E-state index is 12.1. The summed E-state index contributed by atoms with van der Waals surface area (Å²) in [7, 11) is -0.384. The van der Waals surface area contributed by atoms with Crippen molar-refractivity contribution >= 4 is 14.3 Å². The number of carbonyl (C=O) groups excluding carboxylic acids is 1. The summed E-state index contributed by atoms with van der Waals surface area (Å²) in [5.74, 6) is -0.608. The SMILES string of the molecule is C=CC[C@H](C(=O)OC)[C@@H](O[Si](C)(C)C)c1ccccc1. The largest absolute Gasteiger partial charge is 0.469 e. The number of hydrogen-bond donors (Lipinski definition) is 0. The zero-order chi connectivity index (χ0) is 15.2. The van der Waals surface area contributed by atoms with Crippen molar-refractivity contribution in [1.82, 2.24) is 0 Å². The monoisotopic (exact) mass is 292 g/mol. The molecule has 1 aromatic rings. The molecule has 0 amide bonds. The molecule has 0 bridgehead atoms. The number of methoxy groups -OCH3 is 1. The molecule has 0 aromatic heterocycles. The van der Waals surface area contributed by atoms with Gasteiger partial charge in [0, 0.05) is 0 Å². The second-order valence-electron chi connectivity index (χ2n) is 5.72. The van der Waals surface area contributed by atoms with Gasteiger partial charge in [-0.15, -0.1) is 6.58 Å². The first-order valence-corrected chi connectivity index (χ1v) is 10.2. The van der Waals surface area contributed by atoms with E-state index in [1.54, 1.807) is 6.08 Å². The quantitative estimate of drug-likeness (QED) is 0.434. The molecular formula is C16H24O3Si. The van der Waals surface area contributed by atoms with Crippen molar-refractivity contribution < 1.29 is 14.0 Å². The van der Waals surface area contributed by atoms with Gasteiger partial charge in [0.2, 0.25) is 0 Å². The van der Waals surface area contributed by atoms with Crippen LogP contribution in [0.15, 0.2) is 43.0 Å². The van der Waals surface area contributed by atoms with Crippen LogP contribution in [0.5, 0.6) is 0 Å². The Morgan fingerprint density at radius 3 is 2.35 bits per heavy atom. The molecule has 0 aliphatic rings. The van der Waals surface area contributed by atoms with Gasteiger partial charge in [-0.1, -0.05) is 36.4 Å². The molecule has 0 fully saturated rings. The van der Waals surface area contributed by atoms with Gasteiger partial charge in [-0.25, -0.2) is 0 Å². The van der Waals surface area contributed by atoms with Crippen LogP contribution in [0, 0.1) is 5.92 Å². The minimum Gasteiger partial charge on any atom is -0.469 e. The molecule has 0 unspecified atom stereocenters. The van der Waals surface area contributed by atoms with Gasteiger partial charge < -0.3 is 9.16 Å². The number of esters is 1. The number of ether oxygens (including phenoxy) is 1. The molecular weight excluding hydrogens is 268 g/mol. The highest BCUT2D eigenvalue weighted by Crippen LogP contribution is 2.32. The molecule has 3 nitrogen and oxygen atoms in total. The Morgan fingerprint density at radius 2 is 1.90 bits per heavy atom. The normalized spacial score (nSPS) is 14.4. The van der Waals surface area contributed by atoms with E-state index in [2.05, 4.69) is 26.2 Å². The van der Waals surface area contributed by atoms with Gasteiger partial charge >= 0.3 is 5.97 Å². The van der Waals surface area contributed by atoms with Crippen molar-refractivity contribution in [2.24, 2.45) is 5.92 Å². The minimum absolute atomic E-state index is 0.253. The number of hydrogen-bond acceptors (Lipinski definition) is 3. The van der Waals surface area contributed by atoms with Gasteiger partial charge in [0.15, 0.2) is 8.32 Å². The highest BCUT2D eigenvalue weighted by Gasteiger charge is 2.33. The van der Waals surface area contributed by atoms with Crippen LogP contribution in [-0.2, 0) is 14.0 Å². The third-order valence-corrected chi connectivity index (χ3v) is 3.86. The summed E-state index contributed by atoms with van der Waals surface area (Å²) in [4.78, 5) is 12.1. The third-order valence-electron chi connectivity index (χ3n) is 2.90. The van der Waals surface area contributed by atoms with Gasteiger partial charge in [0.1, 0.15) is 0 Å². The predicted octanol–water partition coefficient (Wildman–Crippen LogP) is 3.94. The van der Waals surface area contributed by atoms with Crippen molar-refractivity contribution in [2.45, 2.75) is 32.2 Å². The van der Waals surface area contributed by atoms with Gasteiger partial charge in [0.05, 0.1) is 19.1 Å². The first-order chi connectivity index (χ1) is 9.39. The molecule has 0 aliphatic heterocycles. The van der Waals surface area contributed by atoms with Crippen LogP contribution in [0.2, 0.25) is 19.6 Å². The fourth-order valence-corrected chi connectivity index (χ4v) is 3.14. The van der Waals surface area contributed by atoms with Gasteiger partial charge in [-0.2, -0.15) is 0 Å². The van der Waals surface area contributed by atoms with E-state index < -0.39 is 8.32 Å². The molecule has 0 N–H and O–H groups in total. The molecule has 0 saturated heterocycles. The average Bonchev–Trinajstić information content (AvgIpc) is 2.41. The van der Waals surface area contributed by atoms with Gasteiger partial charge in [0.25, 0.3) is 0 Å². The Bertz CT molecular complexity index is 437. The first-order valence-electron chi connectivity index (χ1n) is 6.80. The lowest BCUT2D eigenvalue weighted by Crippen LogP contribution is -2.34. The van der Waals surface area contributed by atoms with E-state index in [1.807, 2.05) is 30.3 Å². The van der Waals surface area contributed by atoms with Crippen LogP contribution in [0.1, 0.15) is 18.1 Å². The fourth-order valence-electron chi connectivity index (χ4n) is 2.08. The van der Waals surface area contributed by atoms with Crippen LogP contribution in [0.4, 0.5) is 0 Å². The average molecular weight is 292 g/mol. The Hall–Kier alpha value is -1.39. The van der Waals surface area contributed by atoms with E-state index in [9.17, 15) is 4.79 Å². The van der Waals surface area contributed by atoms with E-state index in [0.29, 0.717) is 6.42 Å². The first kappa shape index (κ1) is 16.7. The summed E-state index contributed by atoms with van der Waals surface area (Å²) in [5.41, 5.74) is 1.01. The Kier molecular flexibility index (Phi) is 6.17. The molecule has 0 heterocycles. The van der Waals surface area contributed by atoms with E-state index in [-0.39, 0.29) is 18.0 Å². The predicted molar refractivity (Wildman–Crippen MR) is 83.9 cm³/mol. The number of benzene rings is 1. The summed E-state index contributed by atoms with van der Waals surface area (Å²) in [6, 6.07) is 9.85. The molecule has 0 saturated carbocycles. The molecule has 0 aliphatic carbocycles. The van der Waals surface area contributed by atoms with Gasteiger partial charge in [-0.05, 0) is 31.6 Å². The van der Waals surface area contributed by atoms with Crippen molar-refractivity contribution in [2.75, 3.05) is 7.11 Å². The fraction of sp³-hybridized carbons (Fsp3) is 0.438. The summed E-state index contributed by atoms with van der Waals surface area (Å²) in [6.45, 7) is 10.1. The Balaban J connectivity index is 3.13. The summed E-state index contributed by atoms with van der Waals surface area (Å²) >= 11 is 0. The highest BCUT2D eigenvalue weighted by atomic mass is 28.4. The molecule has 0 spiro atoms. The smallest absolute Gasteiger partial charge is 0.311 e.